The molecule has 2 atom stereocenters. The van der Waals surface area contributed by atoms with Gasteiger partial charge in [-0.05, 0) is 48.9 Å². The van der Waals surface area contributed by atoms with Crippen LogP contribution in [-0.4, -0.2) is 12.4 Å². The number of benzene rings is 2. The van der Waals surface area contributed by atoms with Crippen molar-refractivity contribution < 1.29 is 4.74 Å². The monoisotopic (exact) mass is 340 g/mol. The highest BCUT2D eigenvalue weighted by Crippen LogP contribution is 2.29. The maximum atomic E-state index is 5.24. The Morgan fingerprint density at radius 1 is 1.00 bits per heavy atom. The number of hydrogen-bond acceptors (Lipinski definition) is 2. The number of ether oxygens (including phenoxy) is 1. The van der Waals surface area contributed by atoms with E-state index >= 15 is 0 Å². The van der Waals surface area contributed by atoms with E-state index in [1.807, 2.05) is 12.1 Å². The lowest BCUT2D eigenvalue weighted by atomic mass is 10.00. The molecular weight excluding hydrogens is 312 g/mol. The highest BCUT2D eigenvalue weighted by Gasteiger charge is 2.15. The van der Waals surface area contributed by atoms with E-state index in [1.165, 1.54) is 17.5 Å². The summed E-state index contributed by atoms with van der Waals surface area (Å²) in [5.74, 6) is 2.55. The fourth-order valence-corrected chi connectivity index (χ4v) is 4.08. The van der Waals surface area contributed by atoms with Gasteiger partial charge in [-0.15, -0.1) is 0 Å². The zero-order valence-corrected chi connectivity index (χ0v) is 15.8. The van der Waals surface area contributed by atoms with E-state index < -0.39 is 0 Å². The van der Waals surface area contributed by atoms with Gasteiger partial charge in [0.1, 0.15) is 5.75 Å². The van der Waals surface area contributed by atoms with Crippen molar-refractivity contribution in [3.63, 3.8) is 0 Å². The molecule has 0 aromatic heterocycles. The summed E-state index contributed by atoms with van der Waals surface area (Å²) >= 11 is 2.06. The molecule has 0 amide bonds. The van der Waals surface area contributed by atoms with E-state index in [0.717, 1.165) is 17.9 Å². The van der Waals surface area contributed by atoms with Gasteiger partial charge in [-0.1, -0.05) is 61.5 Å². The third-order valence-corrected chi connectivity index (χ3v) is 5.86. The summed E-state index contributed by atoms with van der Waals surface area (Å²) in [5.41, 5.74) is 2.79. The summed E-state index contributed by atoms with van der Waals surface area (Å²) in [7, 11) is 1.71. The van der Waals surface area contributed by atoms with E-state index in [9.17, 15) is 0 Å². The third-order valence-electron chi connectivity index (χ3n) is 4.27. The second kappa shape index (κ2) is 10.2. The van der Waals surface area contributed by atoms with Crippen LogP contribution in [0.3, 0.4) is 0 Å². The maximum absolute atomic E-state index is 5.24. The minimum absolute atomic E-state index is 0.585. The summed E-state index contributed by atoms with van der Waals surface area (Å²) in [4.78, 5) is 0. The predicted octanol–water partition coefficient (Wildman–Crippen LogP) is 6.14. The predicted molar refractivity (Wildman–Crippen MR) is 107 cm³/mol. The molecule has 0 radical (unpaired) electrons. The van der Waals surface area contributed by atoms with Crippen molar-refractivity contribution in [3.05, 3.63) is 77.9 Å². The normalized spacial score (nSPS) is 13.8. The van der Waals surface area contributed by atoms with Crippen molar-refractivity contribution in [1.29, 1.82) is 0 Å². The molecule has 0 unspecified atom stereocenters. The van der Waals surface area contributed by atoms with E-state index in [-0.39, 0.29) is 0 Å². The van der Waals surface area contributed by atoms with E-state index in [1.54, 1.807) is 7.11 Å². The average Bonchev–Trinajstić information content (AvgIpc) is 2.63. The largest absolute Gasteiger partial charge is 0.497 e. The standard InChI is InChI=1S/C22H28OS/c1-4-8-18(2)22(16-13-19-9-6-5-7-10-19)24-17-20-11-14-21(23-3)15-12-20/h4-12,14-15,18,22H,13,16-17H2,1-3H3/b8-4+/t18-,22-/m0/s1. The molecule has 0 bridgehead atoms. The van der Waals surface area contributed by atoms with E-state index in [2.05, 4.69) is 80.2 Å². The molecule has 24 heavy (non-hydrogen) atoms. The van der Waals surface area contributed by atoms with Crippen LogP contribution in [0.15, 0.2) is 66.7 Å². The first-order chi connectivity index (χ1) is 11.7. The van der Waals surface area contributed by atoms with Crippen LogP contribution in [0.4, 0.5) is 0 Å². The topological polar surface area (TPSA) is 9.23 Å². The van der Waals surface area contributed by atoms with Crippen molar-refractivity contribution in [2.45, 2.75) is 37.7 Å². The number of allylic oxidation sites excluding steroid dienone is 2. The lowest BCUT2D eigenvalue weighted by Crippen LogP contribution is -2.14. The molecule has 0 aliphatic heterocycles. The maximum Gasteiger partial charge on any atom is 0.118 e. The Bertz CT molecular complexity index is 604. The molecule has 1 nitrogen and oxygen atoms in total. The van der Waals surface area contributed by atoms with Gasteiger partial charge in [0, 0.05) is 11.0 Å². The average molecular weight is 341 g/mol. The number of methoxy groups -OCH3 is 1. The second-order valence-electron chi connectivity index (χ2n) is 6.11. The first-order valence-corrected chi connectivity index (χ1v) is 9.69. The van der Waals surface area contributed by atoms with Crippen LogP contribution < -0.4 is 4.74 Å². The highest BCUT2D eigenvalue weighted by molar-refractivity contribution is 7.99. The molecule has 0 N–H and O–H groups in total. The summed E-state index contributed by atoms with van der Waals surface area (Å²) in [6.07, 6.45) is 6.85. The van der Waals surface area contributed by atoms with Gasteiger partial charge in [0.25, 0.3) is 0 Å². The summed E-state index contributed by atoms with van der Waals surface area (Å²) in [6, 6.07) is 19.2. The number of rotatable bonds is 9. The molecule has 0 heterocycles. The SMILES string of the molecule is C/C=C/[C@H](C)[C@H](CCc1ccccc1)SCc1ccc(OC)cc1. The van der Waals surface area contributed by atoms with Crippen LogP contribution in [0.5, 0.6) is 5.75 Å². The minimum Gasteiger partial charge on any atom is -0.497 e. The first kappa shape index (κ1) is 18.7. The van der Waals surface area contributed by atoms with Gasteiger partial charge in [0.05, 0.1) is 7.11 Å². The van der Waals surface area contributed by atoms with Gasteiger partial charge in [0.15, 0.2) is 0 Å². The molecular formula is C22H28OS. The lowest BCUT2D eigenvalue weighted by Gasteiger charge is -2.21. The zero-order valence-electron chi connectivity index (χ0n) is 14.9. The Kier molecular flexibility index (Phi) is 7.97. The van der Waals surface area contributed by atoms with Crippen molar-refractivity contribution in [2.24, 2.45) is 5.92 Å². The Balaban J connectivity index is 1.94. The minimum atomic E-state index is 0.585. The van der Waals surface area contributed by atoms with Crippen molar-refractivity contribution in [3.8, 4) is 5.75 Å². The molecule has 2 aromatic carbocycles. The Morgan fingerprint density at radius 2 is 1.71 bits per heavy atom. The molecule has 2 heteroatoms. The number of aryl methyl sites for hydroxylation is 1. The van der Waals surface area contributed by atoms with Crippen molar-refractivity contribution in [2.75, 3.05) is 7.11 Å². The summed E-state index contributed by atoms with van der Waals surface area (Å²) in [5, 5.41) is 0.628. The van der Waals surface area contributed by atoms with Gasteiger partial charge in [-0.3, -0.25) is 0 Å². The Labute approximate surface area is 151 Å². The fraction of sp³-hybridized carbons (Fsp3) is 0.364. The molecule has 0 aliphatic carbocycles. The third kappa shape index (κ3) is 6.09. The van der Waals surface area contributed by atoms with Crippen LogP contribution in [0.1, 0.15) is 31.4 Å². The Morgan fingerprint density at radius 3 is 2.33 bits per heavy atom. The van der Waals surface area contributed by atoms with Crippen LogP contribution in [0.25, 0.3) is 0 Å². The highest BCUT2D eigenvalue weighted by atomic mass is 32.2. The molecule has 128 valence electrons. The van der Waals surface area contributed by atoms with E-state index in [0.29, 0.717) is 11.2 Å². The van der Waals surface area contributed by atoms with Gasteiger partial charge in [-0.2, -0.15) is 11.8 Å². The van der Waals surface area contributed by atoms with E-state index in [4.69, 9.17) is 4.74 Å². The number of hydrogen-bond donors (Lipinski definition) is 0. The fourth-order valence-electron chi connectivity index (χ4n) is 2.80. The molecule has 0 aliphatic rings. The zero-order chi connectivity index (χ0) is 17.2. The van der Waals surface area contributed by atoms with Gasteiger partial charge in [-0.25, -0.2) is 0 Å². The van der Waals surface area contributed by atoms with Crippen molar-refractivity contribution >= 4 is 11.8 Å². The molecule has 0 saturated carbocycles. The molecule has 0 fully saturated rings. The quantitative estimate of drug-likeness (QED) is 0.507. The van der Waals surface area contributed by atoms with Gasteiger partial charge < -0.3 is 4.74 Å². The smallest absolute Gasteiger partial charge is 0.118 e. The Hall–Kier alpha value is -1.67. The summed E-state index contributed by atoms with van der Waals surface area (Å²) in [6.45, 7) is 4.44. The van der Waals surface area contributed by atoms with Gasteiger partial charge >= 0.3 is 0 Å². The van der Waals surface area contributed by atoms with Crippen molar-refractivity contribution in [1.82, 2.24) is 0 Å². The second-order valence-corrected chi connectivity index (χ2v) is 7.33. The molecule has 2 aromatic rings. The van der Waals surface area contributed by atoms with Crippen LogP contribution in [-0.2, 0) is 12.2 Å². The molecule has 0 saturated heterocycles. The first-order valence-electron chi connectivity index (χ1n) is 8.64. The van der Waals surface area contributed by atoms with Gasteiger partial charge in [0.2, 0.25) is 0 Å². The molecule has 2 rings (SSSR count). The van der Waals surface area contributed by atoms with Crippen LogP contribution in [0, 0.1) is 5.92 Å². The molecule has 0 spiro atoms. The lowest BCUT2D eigenvalue weighted by molar-refractivity contribution is 0.414. The van der Waals surface area contributed by atoms with Crippen LogP contribution >= 0.6 is 11.8 Å². The number of thioether (sulfide) groups is 1. The van der Waals surface area contributed by atoms with Crippen LogP contribution in [0.2, 0.25) is 0 Å². The summed E-state index contributed by atoms with van der Waals surface area (Å²) < 4.78 is 5.24.